The summed E-state index contributed by atoms with van der Waals surface area (Å²) >= 11 is 6.02. The molecule has 1 aromatic carbocycles. The Morgan fingerprint density at radius 2 is 2.12 bits per heavy atom. The molecule has 0 spiro atoms. The quantitative estimate of drug-likeness (QED) is 0.823. The number of rotatable bonds is 4. The molecule has 0 aliphatic rings. The van der Waals surface area contributed by atoms with Crippen LogP contribution < -0.4 is 5.73 Å². The highest BCUT2D eigenvalue weighted by Gasteiger charge is 2.17. The maximum absolute atomic E-state index is 12.1. The molecular weight excluding hydrogens is 224 g/mol. The first-order valence-electron chi connectivity index (χ1n) is 5.45. The van der Waals surface area contributed by atoms with Crippen molar-refractivity contribution in [3.05, 3.63) is 28.8 Å². The second-order valence-corrected chi connectivity index (χ2v) is 3.97. The summed E-state index contributed by atoms with van der Waals surface area (Å²) in [5.41, 5.74) is 6.60. The molecule has 0 fully saturated rings. The van der Waals surface area contributed by atoms with Crippen LogP contribution in [0.25, 0.3) is 0 Å². The molecule has 0 saturated carbocycles. The summed E-state index contributed by atoms with van der Waals surface area (Å²) in [6.07, 6.45) is 0.930. The number of carbonyl (C=O) groups is 1. The molecule has 1 amide bonds. The molecule has 0 heterocycles. The number of nitrogens with two attached hydrogens (primary N) is 1. The molecule has 16 heavy (non-hydrogen) atoms. The molecule has 0 saturated heterocycles. The van der Waals surface area contributed by atoms with E-state index in [2.05, 4.69) is 0 Å². The van der Waals surface area contributed by atoms with Crippen LogP contribution in [0.4, 0.5) is 5.69 Å². The number of carbonyl (C=O) groups excluding carboxylic acids is 1. The third-order valence-electron chi connectivity index (χ3n) is 2.42. The van der Waals surface area contributed by atoms with E-state index in [0.29, 0.717) is 22.8 Å². The van der Waals surface area contributed by atoms with Gasteiger partial charge in [0.05, 0.1) is 16.3 Å². The van der Waals surface area contributed by atoms with Crippen LogP contribution in [-0.4, -0.2) is 23.9 Å². The van der Waals surface area contributed by atoms with Gasteiger partial charge < -0.3 is 10.6 Å². The molecule has 2 N–H and O–H groups in total. The highest BCUT2D eigenvalue weighted by molar-refractivity contribution is 6.36. The minimum Gasteiger partial charge on any atom is -0.398 e. The second-order valence-electron chi connectivity index (χ2n) is 3.59. The van der Waals surface area contributed by atoms with Gasteiger partial charge in [0, 0.05) is 13.1 Å². The van der Waals surface area contributed by atoms with E-state index in [4.69, 9.17) is 17.3 Å². The van der Waals surface area contributed by atoms with Crippen molar-refractivity contribution in [2.45, 2.75) is 20.3 Å². The molecule has 0 aliphatic heterocycles. The lowest BCUT2D eigenvalue weighted by Crippen LogP contribution is -2.31. The van der Waals surface area contributed by atoms with Gasteiger partial charge in [0.2, 0.25) is 0 Å². The van der Waals surface area contributed by atoms with Crippen molar-refractivity contribution in [1.82, 2.24) is 4.90 Å². The lowest BCUT2D eigenvalue weighted by atomic mass is 10.1. The Balaban J connectivity index is 2.99. The normalized spacial score (nSPS) is 10.2. The smallest absolute Gasteiger partial charge is 0.255 e. The van der Waals surface area contributed by atoms with Gasteiger partial charge in [-0.2, -0.15) is 0 Å². The Hall–Kier alpha value is -1.22. The topological polar surface area (TPSA) is 46.3 Å². The van der Waals surface area contributed by atoms with Crippen LogP contribution in [0.3, 0.4) is 0 Å². The summed E-state index contributed by atoms with van der Waals surface area (Å²) in [6, 6.07) is 5.14. The molecule has 1 rings (SSSR count). The maximum atomic E-state index is 12.1. The number of nitrogen functional groups attached to an aromatic ring is 1. The SMILES string of the molecule is CCCN(CC)C(=O)c1cccc(N)c1Cl. The van der Waals surface area contributed by atoms with Crippen LogP contribution >= 0.6 is 11.6 Å². The van der Waals surface area contributed by atoms with E-state index in [9.17, 15) is 4.79 Å². The molecule has 3 nitrogen and oxygen atoms in total. The fraction of sp³-hybridized carbons (Fsp3) is 0.417. The summed E-state index contributed by atoms with van der Waals surface area (Å²) < 4.78 is 0. The molecule has 88 valence electrons. The van der Waals surface area contributed by atoms with Crippen LogP contribution in [-0.2, 0) is 0 Å². The lowest BCUT2D eigenvalue weighted by Gasteiger charge is -2.20. The Labute approximate surface area is 101 Å². The van der Waals surface area contributed by atoms with E-state index in [1.165, 1.54) is 0 Å². The van der Waals surface area contributed by atoms with Gasteiger partial charge in [-0.3, -0.25) is 4.79 Å². The van der Waals surface area contributed by atoms with Gasteiger partial charge in [0.15, 0.2) is 0 Å². The Kier molecular flexibility index (Phi) is 4.62. The van der Waals surface area contributed by atoms with Crippen molar-refractivity contribution in [2.24, 2.45) is 0 Å². The van der Waals surface area contributed by atoms with E-state index in [1.807, 2.05) is 13.8 Å². The second kappa shape index (κ2) is 5.75. The summed E-state index contributed by atoms with van der Waals surface area (Å²) in [4.78, 5) is 13.9. The minimum atomic E-state index is -0.0540. The van der Waals surface area contributed by atoms with Crippen LogP contribution in [0.5, 0.6) is 0 Å². The van der Waals surface area contributed by atoms with Gasteiger partial charge in [-0.1, -0.05) is 24.6 Å². The zero-order valence-electron chi connectivity index (χ0n) is 9.66. The molecule has 1 aromatic rings. The van der Waals surface area contributed by atoms with Crippen molar-refractivity contribution >= 4 is 23.2 Å². The number of anilines is 1. The fourth-order valence-corrected chi connectivity index (χ4v) is 1.77. The maximum Gasteiger partial charge on any atom is 0.255 e. The Morgan fingerprint density at radius 3 is 2.69 bits per heavy atom. The van der Waals surface area contributed by atoms with Crippen molar-refractivity contribution in [3.63, 3.8) is 0 Å². The van der Waals surface area contributed by atoms with Gasteiger partial charge in [0.25, 0.3) is 5.91 Å². The van der Waals surface area contributed by atoms with Gasteiger partial charge >= 0.3 is 0 Å². The predicted octanol–water partition coefficient (Wildman–Crippen LogP) is 2.79. The van der Waals surface area contributed by atoms with Crippen LogP contribution in [0.2, 0.25) is 5.02 Å². The van der Waals surface area contributed by atoms with Gasteiger partial charge in [-0.05, 0) is 25.5 Å². The standard InChI is InChI=1S/C12H17ClN2O/c1-3-8-15(4-2)12(16)9-6-5-7-10(14)11(9)13/h5-7H,3-4,8,14H2,1-2H3. The average Bonchev–Trinajstić information content (AvgIpc) is 2.29. The lowest BCUT2D eigenvalue weighted by molar-refractivity contribution is 0.0764. The number of benzene rings is 1. The number of hydrogen-bond donors (Lipinski definition) is 1. The molecular formula is C12H17ClN2O. The summed E-state index contributed by atoms with van der Waals surface area (Å²) in [6.45, 7) is 5.41. The van der Waals surface area contributed by atoms with Crippen molar-refractivity contribution in [2.75, 3.05) is 18.8 Å². The number of halogens is 1. The Bertz CT molecular complexity index is 379. The van der Waals surface area contributed by atoms with E-state index in [1.54, 1.807) is 23.1 Å². The summed E-state index contributed by atoms with van der Waals surface area (Å²) in [7, 11) is 0. The molecule has 0 unspecified atom stereocenters. The third-order valence-corrected chi connectivity index (χ3v) is 2.84. The molecule has 0 radical (unpaired) electrons. The van der Waals surface area contributed by atoms with E-state index < -0.39 is 0 Å². The van der Waals surface area contributed by atoms with Crippen molar-refractivity contribution < 1.29 is 4.79 Å². The molecule has 0 atom stereocenters. The number of nitrogens with zero attached hydrogens (tertiary/aromatic N) is 1. The Morgan fingerprint density at radius 1 is 1.44 bits per heavy atom. The highest BCUT2D eigenvalue weighted by atomic mass is 35.5. The zero-order chi connectivity index (χ0) is 12.1. The van der Waals surface area contributed by atoms with E-state index in [0.717, 1.165) is 13.0 Å². The minimum absolute atomic E-state index is 0.0540. The van der Waals surface area contributed by atoms with Crippen LogP contribution in [0.15, 0.2) is 18.2 Å². The zero-order valence-corrected chi connectivity index (χ0v) is 10.4. The number of amides is 1. The third kappa shape index (κ3) is 2.67. The molecule has 0 aromatic heterocycles. The first kappa shape index (κ1) is 12.8. The predicted molar refractivity (Wildman–Crippen MR) is 67.7 cm³/mol. The summed E-state index contributed by atoms with van der Waals surface area (Å²) in [5.74, 6) is -0.0540. The van der Waals surface area contributed by atoms with Gasteiger partial charge in [-0.25, -0.2) is 0 Å². The van der Waals surface area contributed by atoms with E-state index in [-0.39, 0.29) is 5.91 Å². The first-order valence-corrected chi connectivity index (χ1v) is 5.82. The van der Waals surface area contributed by atoms with E-state index >= 15 is 0 Å². The van der Waals surface area contributed by atoms with Crippen molar-refractivity contribution in [3.8, 4) is 0 Å². The number of hydrogen-bond acceptors (Lipinski definition) is 2. The first-order chi connectivity index (χ1) is 7.61. The fourth-order valence-electron chi connectivity index (χ4n) is 1.56. The average molecular weight is 241 g/mol. The van der Waals surface area contributed by atoms with Crippen LogP contribution in [0.1, 0.15) is 30.6 Å². The molecule has 4 heteroatoms. The van der Waals surface area contributed by atoms with Gasteiger partial charge in [0.1, 0.15) is 0 Å². The summed E-state index contributed by atoms with van der Waals surface area (Å²) in [5, 5.41) is 0.349. The molecule has 0 bridgehead atoms. The molecule has 0 aliphatic carbocycles. The largest absolute Gasteiger partial charge is 0.398 e. The monoisotopic (exact) mass is 240 g/mol. The van der Waals surface area contributed by atoms with Crippen LogP contribution in [0, 0.1) is 0 Å². The van der Waals surface area contributed by atoms with Crippen molar-refractivity contribution in [1.29, 1.82) is 0 Å². The van der Waals surface area contributed by atoms with Gasteiger partial charge in [-0.15, -0.1) is 0 Å². The highest BCUT2D eigenvalue weighted by Crippen LogP contribution is 2.24.